The second kappa shape index (κ2) is 4.07. The first-order valence-electron chi connectivity index (χ1n) is 6.31. The zero-order valence-corrected chi connectivity index (χ0v) is 12.7. The Hall–Kier alpha value is -1.36. The predicted molar refractivity (Wildman–Crippen MR) is 77.5 cm³/mol. The molecule has 0 spiro atoms. The Morgan fingerprint density at radius 1 is 1.26 bits per heavy atom. The summed E-state index contributed by atoms with van der Waals surface area (Å²) >= 11 is 3.46. The highest BCUT2D eigenvalue weighted by Gasteiger charge is 2.40. The molecule has 4 nitrogen and oxygen atoms in total. The normalized spacial score (nSPS) is 21.9. The minimum Gasteiger partial charge on any atom is -0.295 e. The molecule has 0 saturated heterocycles. The van der Waals surface area contributed by atoms with E-state index in [1.165, 1.54) is 0 Å². The molecule has 0 bridgehead atoms. The molecule has 5 heteroatoms. The summed E-state index contributed by atoms with van der Waals surface area (Å²) in [5.74, 6) is 0.807. The summed E-state index contributed by atoms with van der Waals surface area (Å²) in [6.45, 7) is 2.09. The minimum absolute atomic E-state index is 0.0775. The number of aromatic nitrogens is 2. The molecular formula is C14H15BrN2O2. The fraction of sp³-hybridized carbons (Fsp3) is 0.429. The van der Waals surface area contributed by atoms with Gasteiger partial charge >= 0.3 is 5.69 Å². The number of fused-ring (bicyclic) bond motifs is 1. The minimum atomic E-state index is -0.0775. The van der Waals surface area contributed by atoms with Gasteiger partial charge in [-0.3, -0.25) is 13.9 Å². The van der Waals surface area contributed by atoms with E-state index in [1.54, 1.807) is 23.2 Å². The maximum absolute atomic E-state index is 12.4. The van der Waals surface area contributed by atoms with Gasteiger partial charge in [-0.15, -0.1) is 0 Å². The first kappa shape index (κ1) is 12.7. The molecule has 0 N–H and O–H groups in total. The fourth-order valence-electron chi connectivity index (χ4n) is 2.60. The summed E-state index contributed by atoms with van der Waals surface area (Å²) in [7, 11) is 3.47. The van der Waals surface area contributed by atoms with E-state index in [-0.39, 0.29) is 17.4 Å². The van der Waals surface area contributed by atoms with Crippen LogP contribution in [-0.4, -0.2) is 14.9 Å². The van der Waals surface area contributed by atoms with Crippen LogP contribution in [0.1, 0.15) is 23.7 Å². The van der Waals surface area contributed by atoms with Crippen LogP contribution in [0.5, 0.6) is 0 Å². The molecular weight excluding hydrogens is 308 g/mol. The predicted octanol–water partition coefficient (Wildman–Crippen LogP) is 2.48. The molecule has 1 aliphatic rings. The third kappa shape index (κ3) is 1.79. The van der Waals surface area contributed by atoms with E-state index < -0.39 is 0 Å². The molecule has 1 fully saturated rings. The van der Waals surface area contributed by atoms with Crippen molar-refractivity contribution in [3.05, 3.63) is 32.7 Å². The maximum Gasteiger partial charge on any atom is 0.328 e. The van der Waals surface area contributed by atoms with E-state index >= 15 is 0 Å². The molecule has 1 aromatic heterocycles. The van der Waals surface area contributed by atoms with Gasteiger partial charge < -0.3 is 0 Å². The van der Waals surface area contributed by atoms with Gasteiger partial charge in [-0.05, 0) is 40.4 Å². The lowest BCUT2D eigenvalue weighted by Gasteiger charge is -2.05. The summed E-state index contributed by atoms with van der Waals surface area (Å²) in [5, 5.41) is 0. The number of hydrogen-bond acceptors (Lipinski definition) is 2. The molecule has 3 rings (SSSR count). The molecule has 0 radical (unpaired) electrons. The van der Waals surface area contributed by atoms with Gasteiger partial charge in [0.2, 0.25) is 0 Å². The zero-order valence-electron chi connectivity index (χ0n) is 11.1. The molecule has 2 aromatic rings. The molecule has 100 valence electrons. The van der Waals surface area contributed by atoms with Crippen molar-refractivity contribution >= 4 is 32.7 Å². The number of aryl methyl sites for hydroxylation is 2. The van der Waals surface area contributed by atoms with Gasteiger partial charge in [0, 0.05) is 30.0 Å². The van der Waals surface area contributed by atoms with Crippen molar-refractivity contribution in [1.29, 1.82) is 0 Å². The highest BCUT2D eigenvalue weighted by molar-refractivity contribution is 9.10. The van der Waals surface area contributed by atoms with Gasteiger partial charge in [0.25, 0.3) is 0 Å². The SMILES string of the molecule is CC1CC1C(=O)c1cc2c(cc1Br)n(C)c(=O)n2C. The van der Waals surface area contributed by atoms with Gasteiger partial charge in [-0.25, -0.2) is 4.79 Å². The second-order valence-corrected chi connectivity index (χ2v) is 6.26. The Morgan fingerprint density at radius 3 is 2.32 bits per heavy atom. The molecule has 2 unspecified atom stereocenters. The van der Waals surface area contributed by atoms with E-state index in [1.807, 2.05) is 12.1 Å². The van der Waals surface area contributed by atoms with Crippen molar-refractivity contribution in [3.8, 4) is 0 Å². The van der Waals surface area contributed by atoms with Crippen LogP contribution in [0.15, 0.2) is 21.4 Å². The van der Waals surface area contributed by atoms with Crippen LogP contribution >= 0.6 is 15.9 Å². The van der Waals surface area contributed by atoms with Crippen molar-refractivity contribution < 1.29 is 4.79 Å². The highest BCUT2D eigenvalue weighted by atomic mass is 79.9. The number of nitrogens with zero attached hydrogens (tertiary/aromatic N) is 2. The number of carbonyl (C=O) groups is 1. The van der Waals surface area contributed by atoms with Gasteiger partial charge in [0.15, 0.2) is 5.78 Å². The van der Waals surface area contributed by atoms with Crippen LogP contribution < -0.4 is 5.69 Å². The molecule has 1 aliphatic carbocycles. The van der Waals surface area contributed by atoms with E-state index in [9.17, 15) is 9.59 Å². The topological polar surface area (TPSA) is 44.0 Å². The van der Waals surface area contributed by atoms with Crippen molar-refractivity contribution in [2.24, 2.45) is 25.9 Å². The van der Waals surface area contributed by atoms with Crippen LogP contribution in [0.3, 0.4) is 0 Å². The smallest absolute Gasteiger partial charge is 0.295 e. The number of halogens is 1. The summed E-state index contributed by atoms with van der Waals surface area (Å²) < 4.78 is 3.94. The van der Waals surface area contributed by atoms with E-state index in [2.05, 4.69) is 22.9 Å². The van der Waals surface area contributed by atoms with Crippen LogP contribution in [0.25, 0.3) is 11.0 Å². The van der Waals surface area contributed by atoms with Crippen LogP contribution in [0, 0.1) is 11.8 Å². The number of carbonyl (C=O) groups excluding carboxylic acids is 1. The lowest BCUT2D eigenvalue weighted by molar-refractivity contribution is 0.0961. The summed E-state index contributed by atoms with van der Waals surface area (Å²) in [5.41, 5.74) is 2.24. The van der Waals surface area contributed by atoms with Crippen molar-refractivity contribution in [3.63, 3.8) is 0 Å². The van der Waals surface area contributed by atoms with Crippen LogP contribution in [0.2, 0.25) is 0 Å². The number of Topliss-reactive ketones (excluding diaryl/α,β-unsaturated/α-hetero) is 1. The maximum atomic E-state index is 12.4. The Balaban J connectivity index is 2.22. The van der Waals surface area contributed by atoms with Gasteiger partial charge in [0.05, 0.1) is 11.0 Å². The van der Waals surface area contributed by atoms with Gasteiger partial charge in [-0.1, -0.05) is 6.92 Å². The average molecular weight is 323 g/mol. The Labute approximate surface area is 119 Å². The standard InChI is InChI=1S/C14H15BrN2O2/c1-7-4-8(7)13(18)9-5-11-12(6-10(9)15)17(3)14(19)16(11)2/h5-8H,4H2,1-3H3. The molecule has 1 saturated carbocycles. The van der Waals surface area contributed by atoms with E-state index in [4.69, 9.17) is 0 Å². The fourth-order valence-corrected chi connectivity index (χ4v) is 3.12. The number of hydrogen-bond donors (Lipinski definition) is 0. The summed E-state index contributed by atoms with van der Waals surface area (Å²) in [6.07, 6.45) is 0.969. The Bertz CT molecular complexity index is 757. The first-order chi connectivity index (χ1) is 8.91. The number of ketones is 1. The second-order valence-electron chi connectivity index (χ2n) is 5.41. The molecule has 19 heavy (non-hydrogen) atoms. The average Bonchev–Trinajstić information content (AvgIpc) is 3.07. The van der Waals surface area contributed by atoms with E-state index in [0.29, 0.717) is 11.5 Å². The lowest BCUT2D eigenvalue weighted by atomic mass is 10.1. The largest absolute Gasteiger partial charge is 0.328 e. The number of benzene rings is 1. The molecule has 1 aromatic carbocycles. The van der Waals surface area contributed by atoms with Gasteiger partial charge in [0.1, 0.15) is 0 Å². The molecule has 0 amide bonds. The lowest BCUT2D eigenvalue weighted by Crippen LogP contribution is -2.19. The first-order valence-corrected chi connectivity index (χ1v) is 7.10. The van der Waals surface area contributed by atoms with Crippen LogP contribution in [0.4, 0.5) is 0 Å². The van der Waals surface area contributed by atoms with Crippen molar-refractivity contribution in [2.75, 3.05) is 0 Å². The van der Waals surface area contributed by atoms with Crippen molar-refractivity contribution in [1.82, 2.24) is 9.13 Å². The molecule has 1 heterocycles. The van der Waals surface area contributed by atoms with E-state index in [0.717, 1.165) is 21.9 Å². The summed E-state index contributed by atoms with van der Waals surface area (Å²) in [4.78, 5) is 24.3. The van der Waals surface area contributed by atoms with Crippen molar-refractivity contribution in [2.45, 2.75) is 13.3 Å². The highest BCUT2D eigenvalue weighted by Crippen LogP contribution is 2.41. The van der Waals surface area contributed by atoms with Gasteiger partial charge in [-0.2, -0.15) is 0 Å². The molecule has 2 atom stereocenters. The number of imidazole rings is 1. The Morgan fingerprint density at radius 2 is 1.79 bits per heavy atom. The third-order valence-electron chi connectivity index (χ3n) is 4.07. The monoisotopic (exact) mass is 322 g/mol. The van der Waals surface area contributed by atoms with Crippen LogP contribution in [-0.2, 0) is 14.1 Å². The number of rotatable bonds is 2. The Kier molecular flexibility index (Phi) is 2.71. The molecule has 0 aliphatic heterocycles. The zero-order chi connectivity index (χ0) is 13.9. The summed E-state index contributed by atoms with van der Waals surface area (Å²) in [6, 6.07) is 3.69. The quantitative estimate of drug-likeness (QED) is 0.797. The third-order valence-corrected chi connectivity index (χ3v) is 4.73.